The van der Waals surface area contributed by atoms with Gasteiger partial charge < -0.3 is 5.73 Å². The zero-order valence-electron chi connectivity index (χ0n) is 9.30. The van der Waals surface area contributed by atoms with E-state index in [1.165, 1.54) is 16.8 Å². The van der Waals surface area contributed by atoms with Crippen LogP contribution in [0.3, 0.4) is 0 Å². The van der Waals surface area contributed by atoms with Gasteiger partial charge >= 0.3 is 0 Å². The van der Waals surface area contributed by atoms with Crippen LogP contribution in [0.5, 0.6) is 0 Å². The second-order valence-corrected chi connectivity index (χ2v) is 6.30. The maximum Gasteiger partial charge on any atom is 0.160 e. The number of sulfone groups is 1. The normalized spacial score (nSPS) is 16.7. The fourth-order valence-corrected chi connectivity index (χ4v) is 3.68. The van der Waals surface area contributed by atoms with Crippen molar-refractivity contribution < 1.29 is 12.8 Å². The fourth-order valence-electron chi connectivity index (χ4n) is 2.11. The molecule has 0 radical (unpaired) electrons. The molecule has 0 bridgehead atoms. The summed E-state index contributed by atoms with van der Waals surface area (Å²) < 4.78 is 37.7. The van der Waals surface area contributed by atoms with Gasteiger partial charge in [0.05, 0.1) is 22.9 Å². The molecule has 0 spiro atoms. The van der Waals surface area contributed by atoms with Crippen molar-refractivity contribution >= 4 is 15.7 Å². The number of nitrogens with zero attached hydrogens (tertiary/aromatic N) is 2. The van der Waals surface area contributed by atoms with Gasteiger partial charge in [0.15, 0.2) is 9.84 Å². The number of hydrogen-bond acceptors (Lipinski definition) is 4. The molecule has 0 unspecified atom stereocenters. The van der Waals surface area contributed by atoms with E-state index in [1.54, 1.807) is 12.1 Å². The van der Waals surface area contributed by atoms with E-state index in [-0.39, 0.29) is 17.3 Å². The van der Waals surface area contributed by atoms with Gasteiger partial charge in [0, 0.05) is 5.56 Å². The predicted molar refractivity (Wildman–Crippen MR) is 64.3 cm³/mol. The second kappa shape index (κ2) is 3.55. The van der Waals surface area contributed by atoms with Crippen LogP contribution in [0, 0.1) is 5.82 Å². The van der Waals surface area contributed by atoms with Crippen molar-refractivity contribution in [3.8, 4) is 5.69 Å². The van der Waals surface area contributed by atoms with Crippen molar-refractivity contribution in [2.24, 2.45) is 0 Å². The van der Waals surface area contributed by atoms with Gasteiger partial charge in [-0.25, -0.2) is 17.5 Å². The molecular formula is C11H10FN3O2S. The number of hydrogen-bond donors (Lipinski definition) is 1. The van der Waals surface area contributed by atoms with Gasteiger partial charge in [-0.1, -0.05) is 6.07 Å². The van der Waals surface area contributed by atoms with Crippen LogP contribution in [-0.4, -0.2) is 18.2 Å². The number of aromatic nitrogens is 2. The Kier molecular flexibility index (Phi) is 2.21. The number of nitrogen functional groups attached to an aromatic ring is 1. The number of benzene rings is 1. The molecule has 94 valence electrons. The molecule has 18 heavy (non-hydrogen) atoms. The van der Waals surface area contributed by atoms with Gasteiger partial charge in [0.1, 0.15) is 11.6 Å². The molecule has 1 aromatic heterocycles. The molecule has 0 aliphatic carbocycles. The number of halogens is 1. The van der Waals surface area contributed by atoms with E-state index in [0.717, 1.165) is 0 Å². The zero-order chi connectivity index (χ0) is 12.9. The Morgan fingerprint density at radius 3 is 2.83 bits per heavy atom. The topological polar surface area (TPSA) is 78.0 Å². The monoisotopic (exact) mass is 267 g/mol. The van der Waals surface area contributed by atoms with Crippen LogP contribution >= 0.6 is 0 Å². The zero-order valence-corrected chi connectivity index (χ0v) is 10.1. The molecule has 0 fully saturated rings. The Bertz CT molecular complexity index is 737. The molecular weight excluding hydrogens is 257 g/mol. The molecule has 2 N–H and O–H groups in total. The number of rotatable bonds is 1. The SMILES string of the molecule is Nc1nn(-c2cccc(F)c2)c2c1CS(=O)(=O)C2. The highest BCUT2D eigenvalue weighted by Crippen LogP contribution is 2.31. The minimum Gasteiger partial charge on any atom is -0.382 e. The van der Waals surface area contributed by atoms with Crippen LogP contribution in [0.25, 0.3) is 5.69 Å². The molecule has 2 heterocycles. The molecule has 7 heteroatoms. The van der Waals surface area contributed by atoms with Crippen LogP contribution in [-0.2, 0) is 21.3 Å². The third-order valence-corrected chi connectivity index (χ3v) is 4.34. The summed E-state index contributed by atoms with van der Waals surface area (Å²) in [5.41, 5.74) is 7.22. The van der Waals surface area contributed by atoms with Crippen LogP contribution in [0.1, 0.15) is 11.3 Å². The molecule has 0 amide bonds. The van der Waals surface area contributed by atoms with Gasteiger partial charge in [-0.15, -0.1) is 0 Å². The third kappa shape index (κ3) is 1.67. The molecule has 3 rings (SSSR count). The molecule has 1 aliphatic heterocycles. The summed E-state index contributed by atoms with van der Waals surface area (Å²) in [4.78, 5) is 0. The Hall–Kier alpha value is -1.89. The second-order valence-electron chi connectivity index (χ2n) is 4.23. The summed E-state index contributed by atoms with van der Waals surface area (Å²) in [5, 5.41) is 4.07. The average molecular weight is 267 g/mol. The van der Waals surface area contributed by atoms with Crippen LogP contribution in [0.2, 0.25) is 0 Å². The first kappa shape index (κ1) is 11.2. The Labute approximate surface area is 103 Å². The summed E-state index contributed by atoms with van der Waals surface area (Å²) in [6, 6.07) is 5.80. The summed E-state index contributed by atoms with van der Waals surface area (Å²) in [5.74, 6) is -0.418. The largest absolute Gasteiger partial charge is 0.382 e. The fraction of sp³-hybridized carbons (Fsp3) is 0.182. The van der Waals surface area contributed by atoms with E-state index < -0.39 is 15.7 Å². The first-order valence-corrected chi connectivity index (χ1v) is 7.11. The molecule has 1 aliphatic rings. The lowest BCUT2D eigenvalue weighted by Crippen LogP contribution is -2.06. The Morgan fingerprint density at radius 1 is 1.33 bits per heavy atom. The van der Waals surface area contributed by atoms with Crippen molar-refractivity contribution in [1.29, 1.82) is 0 Å². The van der Waals surface area contributed by atoms with Gasteiger partial charge in [0.2, 0.25) is 0 Å². The van der Waals surface area contributed by atoms with E-state index in [2.05, 4.69) is 5.10 Å². The summed E-state index contributed by atoms with van der Waals surface area (Å²) >= 11 is 0. The van der Waals surface area contributed by atoms with Crippen LogP contribution in [0.15, 0.2) is 24.3 Å². The molecule has 2 aromatic rings. The number of anilines is 1. The van der Waals surface area contributed by atoms with Gasteiger partial charge in [-0.2, -0.15) is 5.10 Å². The lowest BCUT2D eigenvalue weighted by atomic mass is 10.2. The van der Waals surface area contributed by atoms with Crippen molar-refractivity contribution in [2.45, 2.75) is 11.5 Å². The first-order chi connectivity index (χ1) is 8.46. The summed E-state index contributed by atoms with van der Waals surface area (Å²) in [6.07, 6.45) is 0. The molecule has 0 atom stereocenters. The lowest BCUT2D eigenvalue weighted by Gasteiger charge is -2.04. The minimum absolute atomic E-state index is 0.0938. The molecule has 0 saturated carbocycles. The van der Waals surface area contributed by atoms with E-state index in [0.29, 0.717) is 16.9 Å². The average Bonchev–Trinajstić information content (AvgIpc) is 2.74. The molecule has 1 aromatic carbocycles. The van der Waals surface area contributed by atoms with Gasteiger partial charge in [-0.3, -0.25) is 0 Å². The van der Waals surface area contributed by atoms with E-state index in [1.807, 2.05) is 0 Å². The van der Waals surface area contributed by atoms with Crippen molar-refractivity contribution in [1.82, 2.24) is 9.78 Å². The maximum atomic E-state index is 13.2. The maximum absolute atomic E-state index is 13.2. The highest BCUT2D eigenvalue weighted by Gasteiger charge is 2.32. The quantitative estimate of drug-likeness (QED) is 0.836. The summed E-state index contributed by atoms with van der Waals surface area (Å²) in [7, 11) is -3.16. The Morgan fingerprint density at radius 2 is 2.11 bits per heavy atom. The Balaban J connectivity index is 2.19. The standard InChI is InChI=1S/C11H10FN3O2S/c12-7-2-1-3-8(4-7)15-10-6-18(16,17)5-9(10)11(13)14-15/h1-4H,5-6H2,(H2,13,14). The smallest absolute Gasteiger partial charge is 0.160 e. The minimum atomic E-state index is -3.16. The lowest BCUT2D eigenvalue weighted by molar-refractivity contribution is 0.596. The highest BCUT2D eigenvalue weighted by molar-refractivity contribution is 7.90. The van der Waals surface area contributed by atoms with Crippen molar-refractivity contribution in [3.63, 3.8) is 0 Å². The number of nitrogens with two attached hydrogens (primary N) is 1. The number of fused-ring (bicyclic) bond motifs is 1. The van der Waals surface area contributed by atoms with Gasteiger partial charge in [-0.05, 0) is 18.2 Å². The first-order valence-electron chi connectivity index (χ1n) is 5.29. The van der Waals surface area contributed by atoms with E-state index in [4.69, 9.17) is 5.73 Å². The van der Waals surface area contributed by atoms with Crippen LogP contribution in [0.4, 0.5) is 10.2 Å². The summed E-state index contributed by atoms with van der Waals surface area (Å²) in [6.45, 7) is 0. The van der Waals surface area contributed by atoms with Crippen LogP contribution < -0.4 is 5.73 Å². The van der Waals surface area contributed by atoms with Gasteiger partial charge in [0.25, 0.3) is 0 Å². The highest BCUT2D eigenvalue weighted by atomic mass is 32.2. The van der Waals surface area contributed by atoms with E-state index in [9.17, 15) is 12.8 Å². The van der Waals surface area contributed by atoms with Crippen molar-refractivity contribution in [2.75, 3.05) is 5.73 Å². The predicted octanol–water partition coefficient (Wildman–Crippen LogP) is 1.02. The third-order valence-electron chi connectivity index (χ3n) is 2.89. The van der Waals surface area contributed by atoms with E-state index >= 15 is 0 Å². The molecule has 5 nitrogen and oxygen atoms in total. The van der Waals surface area contributed by atoms with Crippen molar-refractivity contribution in [3.05, 3.63) is 41.3 Å². The molecule has 0 saturated heterocycles.